The lowest BCUT2D eigenvalue weighted by atomic mass is 10.1. The predicted molar refractivity (Wildman–Crippen MR) is 63.2 cm³/mol. The van der Waals surface area contributed by atoms with Gasteiger partial charge in [0, 0.05) is 17.1 Å². The van der Waals surface area contributed by atoms with Crippen molar-refractivity contribution in [1.29, 1.82) is 0 Å². The zero-order chi connectivity index (χ0) is 11.7. The van der Waals surface area contributed by atoms with Crippen molar-refractivity contribution >= 4 is 11.0 Å². The van der Waals surface area contributed by atoms with Crippen molar-refractivity contribution in [3.8, 4) is 11.3 Å². The number of furan rings is 1. The lowest BCUT2D eigenvalue weighted by Crippen LogP contribution is -1.94. The van der Waals surface area contributed by atoms with E-state index in [1.807, 2.05) is 24.3 Å². The first-order valence-electron chi connectivity index (χ1n) is 5.28. The third-order valence-electron chi connectivity index (χ3n) is 2.60. The highest BCUT2D eigenvalue weighted by Crippen LogP contribution is 2.28. The molecule has 1 aromatic carbocycles. The van der Waals surface area contributed by atoms with Crippen LogP contribution in [-0.4, -0.2) is 15.1 Å². The van der Waals surface area contributed by atoms with Crippen molar-refractivity contribution in [3.05, 3.63) is 48.6 Å². The topological polar surface area (TPSA) is 59.2 Å². The summed E-state index contributed by atoms with van der Waals surface area (Å²) in [5.74, 6) is 0.410. The van der Waals surface area contributed by atoms with Gasteiger partial charge in [-0.05, 0) is 12.1 Å². The molecule has 0 unspecified atom stereocenters. The molecule has 0 spiro atoms. The van der Waals surface area contributed by atoms with Gasteiger partial charge < -0.3 is 9.52 Å². The van der Waals surface area contributed by atoms with Gasteiger partial charge in [0.15, 0.2) is 5.82 Å². The van der Waals surface area contributed by atoms with Crippen molar-refractivity contribution in [3.63, 3.8) is 0 Å². The van der Waals surface area contributed by atoms with Gasteiger partial charge in [0.05, 0.1) is 5.69 Å². The van der Waals surface area contributed by atoms with Crippen LogP contribution in [0.4, 0.5) is 0 Å². The first-order chi connectivity index (χ1) is 8.38. The van der Waals surface area contributed by atoms with Gasteiger partial charge in [0.1, 0.15) is 18.5 Å². The molecule has 0 aliphatic carbocycles. The number of fused-ring (bicyclic) bond motifs is 1. The maximum absolute atomic E-state index is 9.02. The highest BCUT2D eigenvalue weighted by atomic mass is 16.3. The van der Waals surface area contributed by atoms with Crippen LogP contribution >= 0.6 is 0 Å². The molecule has 2 aromatic heterocycles. The molecule has 0 bridgehead atoms. The van der Waals surface area contributed by atoms with Crippen LogP contribution in [0.5, 0.6) is 0 Å². The lowest BCUT2D eigenvalue weighted by molar-refractivity contribution is 0.271. The van der Waals surface area contributed by atoms with E-state index >= 15 is 0 Å². The molecule has 0 radical (unpaired) electrons. The molecule has 2 heterocycles. The summed E-state index contributed by atoms with van der Waals surface area (Å²) in [6.07, 6.45) is 3.31. The molecule has 0 fully saturated rings. The van der Waals surface area contributed by atoms with Crippen LogP contribution in [0, 0.1) is 0 Å². The molecule has 0 aliphatic heterocycles. The van der Waals surface area contributed by atoms with Crippen LogP contribution < -0.4 is 0 Å². The molecule has 0 saturated carbocycles. The molecule has 17 heavy (non-hydrogen) atoms. The van der Waals surface area contributed by atoms with Crippen LogP contribution in [0.3, 0.4) is 0 Å². The van der Waals surface area contributed by atoms with Crippen LogP contribution in [0.1, 0.15) is 5.82 Å². The maximum Gasteiger partial charge on any atom is 0.154 e. The molecule has 0 saturated heterocycles. The predicted octanol–water partition coefficient (Wildman–Crippen LogP) is 2.38. The monoisotopic (exact) mass is 226 g/mol. The molecular formula is C13H10N2O2. The van der Waals surface area contributed by atoms with Gasteiger partial charge in [0.2, 0.25) is 0 Å². The molecule has 3 aromatic rings. The third-order valence-corrected chi connectivity index (χ3v) is 2.60. The molecule has 0 aliphatic rings. The van der Waals surface area contributed by atoms with Crippen molar-refractivity contribution < 1.29 is 9.52 Å². The van der Waals surface area contributed by atoms with Gasteiger partial charge in [0.25, 0.3) is 0 Å². The highest BCUT2D eigenvalue weighted by Gasteiger charge is 2.09. The fraction of sp³-hybridized carbons (Fsp3) is 0.0769. The number of nitrogens with zero attached hydrogens (tertiary/aromatic N) is 2. The summed E-state index contributed by atoms with van der Waals surface area (Å²) in [5, 5.41) is 10.0. The van der Waals surface area contributed by atoms with E-state index in [1.165, 1.54) is 0 Å². The number of hydrogen-bond acceptors (Lipinski definition) is 4. The fourth-order valence-corrected chi connectivity index (χ4v) is 1.80. The molecule has 1 N–H and O–H groups in total. The summed E-state index contributed by atoms with van der Waals surface area (Å²) in [7, 11) is 0. The number of aromatic nitrogens is 2. The molecule has 3 rings (SSSR count). The number of para-hydroxylation sites is 1. The van der Waals surface area contributed by atoms with Crippen LogP contribution in [0.2, 0.25) is 0 Å². The normalized spacial score (nSPS) is 10.9. The number of benzene rings is 1. The molecule has 0 atom stereocenters. The molecule has 4 heteroatoms. The average Bonchev–Trinajstić information content (AvgIpc) is 2.82. The average molecular weight is 226 g/mol. The van der Waals surface area contributed by atoms with E-state index in [-0.39, 0.29) is 6.61 Å². The Hall–Kier alpha value is -2.20. The fourth-order valence-electron chi connectivity index (χ4n) is 1.80. The standard InChI is InChI=1S/C13H10N2O2/c16-7-13-14-6-5-11(15-13)10-8-17-12-4-2-1-3-9(10)12/h1-6,8,16H,7H2. The summed E-state index contributed by atoms with van der Waals surface area (Å²) in [5.41, 5.74) is 2.50. The second kappa shape index (κ2) is 3.99. The molecule has 0 amide bonds. The van der Waals surface area contributed by atoms with Crippen LogP contribution in [0.25, 0.3) is 22.2 Å². The van der Waals surface area contributed by atoms with Crippen LogP contribution in [0.15, 0.2) is 47.2 Å². The van der Waals surface area contributed by atoms with E-state index in [0.717, 1.165) is 22.2 Å². The second-order valence-electron chi connectivity index (χ2n) is 3.66. The van der Waals surface area contributed by atoms with E-state index < -0.39 is 0 Å². The molecular weight excluding hydrogens is 216 g/mol. The quantitative estimate of drug-likeness (QED) is 0.728. The third kappa shape index (κ3) is 1.68. The van der Waals surface area contributed by atoms with E-state index in [0.29, 0.717) is 5.82 Å². The number of aliphatic hydroxyl groups excluding tert-OH is 1. The van der Waals surface area contributed by atoms with Crippen LogP contribution in [-0.2, 0) is 6.61 Å². The Bertz CT molecular complexity index is 661. The Morgan fingerprint density at radius 1 is 1.18 bits per heavy atom. The number of aliphatic hydroxyl groups is 1. The van der Waals surface area contributed by atoms with Gasteiger partial charge in [-0.1, -0.05) is 18.2 Å². The van der Waals surface area contributed by atoms with E-state index in [4.69, 9.17) is 9.52 Å². The minimum atomic E-state index is -0.163. The first kappa shape index (κ1) is 9.99. The lowest BCUT2D eigenvalue weighted by Gasteiger charge is -1.99. The van der Waals surface area contributed by atoms with Crippen molar-refractivity contribution in [2.45, 2.75) is 6.61 Å². The highest BCUT2D eigenvalue weighted by molar-refractivity contribution is 5.92. The van der Waals surface area contributed by atoms with E-state index in [9.17, 15) is 0 Å². The largest absolute Gasteiger partial charge is 0.464 e. The number of rotatable bonds is 2. The van der Waals surface area contributed by atoms with Crippen molar-refractivity contribution in [1.82, 2.24) is 9.97 Å². The summed E-state index contributed by atoms with van der Waals surface area (Å²) >= 11 is 0. The SMILES string of the molecule is OCc1nccc(-c2coc3ccccc23)n1. The van der Waals surface area contributed by atoms with Gasteiger partial charge in [-0.2, -0.15) is 0 Å². The van der Waals surface area contributed by atoms with Crippen molar-refractivity contribution in [2.24, 2.45) is 0 Å². The Balaban J connectivity index is 2.20. The second-order valence-corrected chi connectivity index (χ2v) is 3.66. The number of hydrogen-bond donors (Lipinski definition) is 1. The molecule has 84 valence electrons. The van der Waals surface area contributed by atoms with E-state index in [2.05, 4.69) is 9.97 Å². The minimum absolute atomic E-state index is 0.163. The zero-order valence-electron chi connectivity index (χ0n) is 9.00. The summed E-state index contributed by atoms with van der Waals surface area (Å²) in [4.78, 5) is 8.22. The van der Waals surface area contributed by atoms with Gasteiger partial charge in [-0.15, -0.1) is 0 Å². The summed E-state index contributed by atoms with van der Waals surface area (Å²) < 4.78 is 5.45. The van der Waals surface area contributed by atoms with Gasteiger partial charge in [-0.3, -0.25) is 0 Å². The minimum Gasteiger partial charge on any atom is -0.464 e. The Labute approximate surface area is 97.6 Å². The maximum atomic E-state index is 9.02. The Kier molecular flexibility index (Phi) is 2.34. The van der Waals surface area contributed by atoms with Gasteiger partial charge in [-0.25, -0.2) is 9.97 Å². The summed E-state index contributed by atoms with van der Waals surface area (Å²) in [6.45, 7) is -0.163. The van der Waals surface area contributed by atoms with Gasteiger partial charge >= 0.3 is 0 Å². The first-order valence-corrected chi connectivity index (χ1v) is 5.28. The smallest absolute Gasteiger partial charge is 0.154 e. The summed E-state index contributed by atoms with van der Waals surface area (Å²) in [6, 6.07) is 9.57. The Morgan fingerprint density at radius 3 is 2.94 bits per heavy atom. The zero-order valence-corrected chi connectivity index (χ0v) is 9.00. The Morgan fingerprint density at radius 2 is 2.06 bits per heavy atom. The van der Waals surface area contributed by atoms with Crippen molar-refractivity contribution in [2.75, 3.05) is 0 Å². The molecule has 4 nitrogen and oxygen atoms in total. The van der Waals surface area contributed by atoms with E-state index in [1.54, 1.807) is 18.5 Å².